The van der Waals surface area contributed by atoms with Gasteiger partial charge in [0, 0.05) is 44.5 Å². The van der Waals surface area contributed by atoms with Crippen molar-refractivity contribution in [2.45, 2.75) is 45.1 Å². The van der Waals surface area contributed by atoms with Crippen LogP contribution in [0.25, 0.3) is 0 Å². The Hall–Kier alpha value is -2.30. The van der Waals surface area contributed by atoms with Gasteiger partial charge in [-0.15, -0.1) is 0 Å². The average molecular weight is 342 g/mol. The van der Waals surface area contributed by atoms with Crippen molar-refractivity contribution in [2.24, 2.45) is 4.99 Å². The molecule has 1 aromatic heterocycles. The Kier molecular flexibility index (Phi) is 7.51. The van der Waals surface area contributed by atoms with E-state index in [1.165, 1.54) is 5.56 Å². The molecule has 0 bridgehead atoms. The van der Waals surface area contributed by atoms with Gasteiger partial charge in [0.05, 0.1) is 0 Å². The Morgan fingerprint density at radius 1 is 1.12 bits per heavy atom. The zero-order valence-electron chi connectivity index (χ0n) is 15.7. The Bertz CT molecular complexity index is 615. The molecule has 0 aliphatic rings. The van der Waals surface area contributed by atoms with Crippen molar-refractivity contribution in [3.8, 4) is 0 Å². The SMILES string of the molecule is CCC(CC)(CNC(=NC)NCCCn1cccn1)c1ccccc1. The summed E-state index contributed by atoms with van der Waals surface area (Å²) in [5, 5.41) is 11.1. The number of hydrogen-bond acceptors (Lipinski definition) is 2. The quantitative estimate of drug-likeness (QED) is 0.418. The smallest absolute Gasteiger partial charge is 0.191 e. The molecule has 5 heteroatoms. The standard InChI is InChI=1S/C20H31N5/c1-4-20(5-2,18-11-7-6-8-12-18)17-23-19(21-3)22-13-9-15-25-16-10-14-24-25/h6-8,10-12,14,16H,4-5,9,13,15,17H2,1-3H3,(H2,21,22,23). The van der Waals surface area contributed by atoms with Gasteiger partial charge in [0.2, 0.25) is 0 Å². The van der Waals surface area contributed by atoms with Crippen LogP contribution in [0.1, 0.15) is 38.7 Å². The summed E-state index contributed by atoms with van der Waals surface area (Å²) in [5.74, 6) is 0.864. The van der Waals surface area contributed by atoms with E-state index in [0.717, 1.165) is 44.9 Å². The van der Waals surface area contributed by atoms with Gasteiger partial charge in [-0.1, -0.05) is 44.2 Å². The summed E-state index contributed by atoms with van der Waals surface area (Å²) in [5.41, 5.74) is 1.52. The number of aryl methyl sites for hydroxylation is 1. The summed E-state index contributed by atoms with van der Waals surface area (Å²) in [6.07, 6.45) is 7.00. The van der Waals surface area contributed by atoms with Gasteiger partial charge in [-0.05, 0) is 30.9 Å². The van der Waals surface area contributed by atoms with Crippen LogP contribution < -0.4 is 10.6 Å². The molecule has 1 aromatic carbocycles. The van der Waals surface area contributed by atoms with Crippen molar-refractivity contribution in [3.05, 3.63) is 54.4 Å². The first-order valence-electron chi connectivity index (χ1n) is 9.21. The fourth-order valence-corrected chi connectivity index (χ4v) is 3.16. The van der Waals surface area contributed by atoms with E-state index < -0.39 is 0 Å². The summed E-state index contributed by atoms with van der Waals surface area (Å²) in [6, 6.07) is 12.7. The second-order valence-electron chi connectivity index (χ2n) is 6.33. The molecule has 0 fully saturated rings. The highest BCUT2D eigenvalue weighted by atomic mass is 15.3. The van der Waals surface area contributed by atoms with Gasteiger partial charge in [-0.2, -0.15) is 5.10 Å². The van der Waals surface area contributed by atoms with Crippen molar-refractivity contribution in [1.82, 2.24) is 20.4 Å². The van der Waals surface area contributed by atoms with E-state index in [2.05, 4.69) is 64.9 Å². The molecular formula is C20H31N5. The number of rotatable bonds is 9. The monoisotopic (exact) mass is 341 g/mol. The molecule has 5 nitrogen and oxygen atoms in total. The Balaban J connectivity index is 1.85. The molecule has 0 saturated heterocycles. The topological polar surface area (TPSA) is 54.2 Å². The fraction of sp³-hybridized carbons (Fsp3) is 0.500. The van der Waals surface area contributed by atoms with Gasteiger partial charge in [0.25, 0.3) is 0 Å². The number of benzene rings is 1. The maximum atomic E-state index is 4.36. The van der Waals surface area contributed by atoms with E-state index in [4.69, 9.17) is 0 Å². The highest BCUT2D eigenvalue weighted by Crippen LogP contribution is 2.30. The summed E-state index contributed by atoms with van der Waals surface area (Å²) >= 11 is 0. The average Bonchev–Trinajstić information content (AvgIpc) is 3.19. The molecule has 0 unspecified atom stereocenters. The molecule has 0 aliphatic carbocycles. The van der Waals surface area contributed by atoms with Crippen LogP contribution >= 0.6 is 0 Å². The zero-order valence-corrected chi connectivity index (χ0v) is 15.7. The van der Waals surface area contributed by atoms with E-state index in [1.54, 1.807) is 0 Å². The third-order valence-corrected chi connectivity index (χ3v) is 4.97. The van der Waals surface area contributed by atoms with Crippen molar-refractivity contribution in [1.29, 1.82) is 0 Å². The molecule has 0 saturated carbocycles. The molecule has 25 heavy (non-hydrogen) atoms. The number of nitrogens with zero attached hydrogens (tertiary/aromatic N) is 3. The molecule has 1 heterocycles. The summed E-state index contributed by atoms with van der Waals surface area (Å²) < 4.78 is 1.95. The van der Waals surface area contributed by atoms with Crippen molar-refractivity contribution in [2.75, 3.05) is 20.1 Å². The number of nitrogens with one attached hydrogen (secondary N) is 2. The first-order valence-corrected chi connectivity index (χ1v) is 9.21. The molecule has 0 atom stereocenters. The van der Waals surface area contributed by atoms with Gasteiger partial charge in [-0.3, -0.25) is 9.67 Å². The highest BCUT2D eigenvalue weighted by Gasteiger charge is 2.28. The highest BCUT2D eigenvalue weighted by molar-refractivity contribution is 5.79. The molecule has 0 aliphatic heterocycles. The molecule has 2 N–H and O–H groups in total. The van der Waals surface area contributed by atoms with Crippen LogP contribution in [0.3, 0.4) is 0 Å². The van der Waals surface area contributed by atoms with Crippen LogP contribution in [0.2, 0.25) is 0 Å². The van der Waals surface area contributed by atoms with Gasteiger partial charge in [0.1, 0.15) is 0 Å². The molecular weight excluding hydrogens is 310 g/mol. The van der Waals surface area contributed by atoms with Crippen LogP contribution in [0, 0.1) is 0 Å². The largest absolute Gasteiger partial charge is 0.356 e. The summed E-state index contributed by atoms with van der Waals surface area (Å²) in [7, 11) is 1.82. The first kappa shape index (κ1) is 19.0. The molecule has 2 rings (SSSR count). The number of guanidine groups is 1. The minimum atomic E-state index is 0.133. The van der Waals surface area contributed by atoms with Crippen molar-refractivity contribution < 1.29 is 0 Å². The second-order valence-corrected chi connectivity index (χ2v) is 6.33. The van der Waals surface area contributed by atoms with Crippen LogP contribution in [-0.2, 0) is 12.0 Å². The number of aromatic nitrogens is 2. The maximum absolute atomic E-state index is 4.36. The van der Waals surface area contributed by atoms with Crippen LogP contribution in [-0.4, -0.2) is 35.9 Å². The molecule has 0 spiro atoms. The zero-order chi connectivity index (χ0) is 18.0. The van der Waals surface area contributed by atoms with E-state index in [1.807, 2.05) is 30.2 Å². The van der Waals surface area contributed by atoms with Crippen molar-refractivity contribution in [3.63, 3.8) is 0 Å². The lowest BCUT2D eigenvalue weighted by Crippen LogP contribution is -2.45. The van der Waals surface area contributed by atoms with Crippen LogP contribution in [0.4, 0.5) is 0 Å². The van der Waals surface area contributed by atoms with Gasteiger partial charge >= 0.3 is 0 Å². The summed E-state index contributed by atoms with van der Waals surface area (Å²) in [6.45, 7) is 7.19. The third-order valence-electron chi connectivity index (χ3n) is 4.97. The molecule has 136 valence electrons. The van der Waals surface area contributed by atoms with E-state index >= 15 is 0 Å². The van der Waals surface area contributed by atoms with Crippen molar-refractivity contribution >= 4 is 5.96 Å². The second kappa shape index (κ2) is 9.87. The van der Waals surface area contributed by atoms with Crippen LogP contribution in [0.5, 0.6) is 0 Å². The fourth-order valence-electron chi connectivity index (χ4n) is 3.16. The summed E-state index contributed by atoms with van der Waals surface area (Å²) in [4.78, 5) is 4.36. The molecule has 0 amide bonds. The predicted molar refractivity (Wildman–Crippen MR) is 105 cm³/mol. The van der Waals surface area contributed by atoms with E-state index in [0.29, 0.717) is 0 Å². The minimum absolute atomic E-state index is 0.133. The van der Waals surface area contributed by atoms with E-state index in [9.17, 15) is 0 Å². The molecule has 2 aromatic rings. The lowest BCUT2D eigenvalue weighted by atomic mass is 9.76. The number of hydrogen-bond donors (Lipinski definition) is 2. The maximum Gasteiger partial charge on any atom is 0.191 e. The normalized spacial score (nSPS) is 12.2. The predicted octanol–water partition coefficient (Wildman–Crippen LogP) is 3.20. The van der Waals surface area contributed by atoms with Gasteiger partial charge in [-0.25, -0.2) is 0 Å². The third kappa shape index (κ3) is 5.34. The minimum Gasteiger partial charge on any atom is -0.356 e. The van der Waals surface area contributed by atoms with Gasteiger partial charge in [0.15, 0.2) is 5.96 Å². The molecule has 0 radical (unpaired) electrons. The Morgan fingerprint density at radius 2 is 1.88 bits per heavy atom. The van der Waals surface area contributed by atoms with Gasteiger partial charge < -0.3 is 10.6 Å². The van der Waals surface area contributed by atoms with Crippen LogP contribution in [0.15, 0.2) is 53.8 Å². The number of aliphatic imine (C=N–C) groups is 1. The van der Waals surface area contributed by atoms with E-state index in [-0.39, 0.29) is 5.41 Å². The first-order chi connectivity index (χ1) is 12.2. The Morgan fingerprint density at radius 3 is 2.48 bits per heavy atom. The lowest BCUT2D eigenvalue weighted by molar-refractivity contribution is 0.389. The Labute approximate surface area is 151 Å². The lowest BCUT2D eigenvalue weighted by Gasteiger charge is -2.33.